The number of thiophene rings is 1. The SMILES string of the molecule is COCCNC(=O)NCC(OCCO)c1cccs1. The van der Waals surface area contributed by atoms with Crippen LogP contribution in [0.1, 0.15) is 11.0 Å². The van der Waals surface area contributed by atoms with Gasteiger partial charge in [0.2, 0.25) is 0 Å². The minimum absolute atomic E-state index is 0.0398. The molecule has 0 aliphatic heterocycles. The van der Waals surface area contributed by atoms with E-state index in [1.54, 1.807) is 18.4 Å². The summed E-state index contributed by atoms with van der Waals surface area (Å²) in [6.07, 6.45) is -0.236. The molecule has 1 rings (SSSR count). The average Bonchev–Trinajstić information content (AvgIpc) is 2.93. The lowest BCUT2D eigenvalue weighted by molar-refractivity contribution is 0.0314. The van der Waals surface area contributed by atoms with Crippen LogP contribution in [0.4, 0.5) is 4.79 Å². The second-order valence-corrected chi connectivity index (χ2v) is 4.71. The molecule has 19 heavy (non-hydrogen) atoms. The van der Waals surface area contributed by atoms with Crippen LogP contribution in [0.5, 0.6) is 0 Å². The standard InChI is InChI=1S/C12H20N2O4S/c1-17-6-4-13-12(16)14-9-10(18-7-5-15)11-3-2-8-19-11/h2-3,8,10,15H,4-7,9H2,1H3,(H2,13,14,16). The summed E-state index contributed by atoms with van der Waals surface area (Å²) in [4.78, 5) is 12.5. The predicted octanol–water partition coefficient (Wildman–Crippen LogP) is 0.744. The monoisotopic (exact) mass is 288 g/mol. The quantitative estimate of drug-likeness (QED) is 0.586. The highest BCUT2D eigenvalue weighted by atomic mass is 32.1. The largest absolute Gasteiger partial charge is 0.394 e. The second-order valence-electron chi connectivity index (χ2n) is 3.73. The van der Waals surface area contributed by atoms with E-state index in [-0.39, 0.29) is 25.3 Å². The number of urea groups is 1. The van der Waals surface area contributed by atoms with Gasteiger partial charge < -0.3 is 25.2 Å². The summed E-state index contributed by atoms with van der Waals surface area (Å²) < 4.78 is 10.3. The molecule has 1 atom stereocenters. The van der Waals surface area contributed by atoms with Crippen LogP contribution in [-0.2, 0) is 9.47 Å². The molecule has 0 aromatic carbocycles. The fraction of sp³-hybridized carbons (Fsp3) is 0.583. The number of carbonyl (C=O) groups excluding carboxylic acids is 1. The van der Waals surface area contributed by atoms with E-state index in [9.17, 15) is 4.79 Å². The van der Waals surface area contributed by atoms with E-state index in [0.29, 0.717) is 19.7 Å². The van der Waals surface area contributed by atoms with E-state index in [0.717, 1.165) is 4.88 Å². The molecule has 0 saturated heterocycles. The van der Waals surface area contributed by atoms with E-state index < -0.39 is 0 Å². The van der Waals surface area contributed by atoms with Gasteiger partial charge in [-0.05, 0) is 11.4 Å². The molecule has 0 saturated carbocycles. The van der Waals surface area contributed by atoms with Crippen molar-refractivity contribution in [3.63, 3.8) is 0 Å². The maximum absolute atomic E-state index is 11.5. The normalized spacial score (nSPS) is 12.1. The first-order valence-corrected chi connectivity index (χ1v) is 6.92. The van der Waals surface area contributed by atoms with Crippen molar-refractivity contribution in [3.05, 3.63) is 22.4 Å². The Morgan fingerprint density at radius 2 is 2.32 bits per heavy atom. The molecule has 0 aliphatic carbocycles. The highest BCUT2D eigenvalue weighted by Crippen LogP contribution is 2.21. The number of methoxy groups -OCH3 is 1. The maximum atomic E-state index is 11.5. The van der Waals surface area contributed by atoms with Gasteiger partial charge in [-0.3, -0.25) is 0 Å². The summed E-state index contributed by atoms with van der Waals surface area (Å²) in [7, 11) is 1.58. The highest BCUT2D eigenvalue weighted by molar-refractivity contribution is 7.10. The lowest BCUT2D eigenvalue weighted by Crippen LogP contribution is -2.39. The van der Waals surface area contributed by atoms with Gasteiger partial charge in [-0.2, -0.15) is 0 Å². The Morgan fingerprint density at radius 3 is 2.95 bits per heavy atom. The third-order valence-electron chi connectivity index (χ3n) is 2.31. The molecule has 0 radical (unpaired) electrons. The zero-order chi connectivity index (χ0) is 13.9. The van der Waals surface area contributed by atoms with E-state index >= 15 is 0 Å². The summed E-state index contributed by atoms with van der Waals surface area (Å²) in [5.41, 5.74) is 0. The molecule has 1 aromatic heterocycles. The van der Waals surface area contributed by atoms with Gasteiger partial charge in [-0.25, -0.2) is 4.79 Å². The van der Waals surface area contributed by atoms with Crippen molar-refractivity contribution >= 4 is 17.4 Å². The van der Waals surface area contributed by atoms with Gasteiger partial charge in [0.1, 0.15) is 6.10 Å². The molecule has 0 aliphatic rings. The Bertz CT molecular complexity index is 346. The number of hydrogen-bond donors (Lipinski definition) is 3. The fourth-order valence-corrected chi connectivity index (χ4v) is 2.20. The van der Waals surface area contributed by atoms with Crippen LogP contribution in [0.25, 0.3) is 0 Å². The van der Waals surface area contributed by atoms with Gasteiger partial charge in [-0.1, -0.05) is 6.07 Å². The van der Waals surface area contributed by atoms with Gasteiger partial charge in [0, 0.05) is 18.5 Å². The van der Waals surface area contributed by atoms with Crippen LogP contribution in [0, 0.1) is 0 Å². The van der Waals surface area contributed by atoms with Crippen LogP contribution in [0.2, 0.25) is 0 Å². The van der Waals surface area contributed by atoms with Crippen molar-refractivity contribution in [2.24, 2.45) is 0 Å². The van der Waals surface area contributed by atoms with Gasteiger partial charge in [-0.15, -0.1) is 11.3 Å². The zero-order valence-corrected chi connectivity index (χ0v) is 11.7. The average molecular weight is 288 g/mol. The smallest absolute Gasteiger partial charge is 0.314 e. The van der Waals surface area contributed by atoms with Crippen molar-refractivity contribution < 1.29 is 19.4 Å². The maximum Gasteiger partial charge on any atom is 0.314 e. The van der Waals surface area contributed by atoms with Crippen molar-refractivity contribution in [1.82, 2.24) is 10.6 Å². The molecule has 1 unspecified atom stereocenters. The fourth-order valence-electron chi connectivity index (χ4n) is 1.43. The number of amides is 2. The summed E-state index contributed by atoms with van der Waals surface area (Å²) >= 11 is 1.56. The number of aliphatic hydroxyl groups excluding tert-OH is 1. The van der Waals surface area contributed by atoms with Crippen LogP contribution in [0.15, 0.2) is 17.5 Å². The van der Waals surface area contributed by atoms with Gasteiger partial charge in [0.05, 0.1) is 26.4 Å². The molecule has 6 nitrogen and oxygen atoms in total. The molecule has 0 bridgehead atoms. The first-order valence-electron chi connectivity index (χ1n) is 6.04. The van der Waals surface area contributed by atoms with Crippen LogP contribution in [0.3, 0.4) is 0 Å². The Kier molecular flexibility index (Phi) is 8.15. The van der Waals surface area contributed by atoms with E-state index in [4.69, 9.17) is 14.6 Å². The summed E-state index contributed by atoms with van der Waals surface area (Å²) in [6.45, 7) is 1.50. The minimum Gasteiger partial charge on any atom is -0.394 e. The Morgan fingerprint density at radius 1 is 1.47 bits per heavy atom. The van der Waals surface area contributed by atoms with Gasteiger partial charge in [0.15, 0.2) is 0 Å². The third-order valence-corrected chi connectivity index (χ3v) is 3.27. The van der Waals surface area contributed by atoms with Gasteiger partial charge >= 0.3 is 6.03 Å². The number of ether oxygens (including phenoxy) is 2. The third kappa shape index (κ3) is 6.53. The lowest BCUT2D eigenvalue weighted by atomic mass is 10.3. The number of hydrogen-bond acceptors (Lipinski definition) is 5. The Balaban J connectivity index is 2.34. The molecule has 108 valence electrons. The number of aliphatic hydroxyl groups is 1. The number of rotatable bonds is 9. The zero-order valence-electron chi connectivity index (χ0n) is 10.9. The van der Waals surface area contributed by atoms with Crippen LogP contribution < -0.4 is 10.6 Å². The molecule has 1 aromatic rings. The Labute approximate surface area is 116 Å². The molecule has 0 fully saturated rings. The predicted molar refractivity (Wildman–Crippen MR) is 73.4 cm³/mol. The molecule has 3 N–H and O–H groups in total. The topological polar surface area (TPSA) is 79.8 Å². The van der Waals surface area contributed by atoms with Crippen molar-refractivity contribution in [1.29, 1.82) is 0 Å². The molecule has 7 heteroatoms. The minimum atomic E-state index is -0.258. The number of carbonyl (C=O) groups is 1. The molecule has 2 amide bonds. The first kappa shape index (κ1) is 15.9. The molecular formula is C12H20N2O4S. The summed E-state index contributed by atoms with van der Waals surface area (Å²) in [5, 5.41) is 16.1. The molecular weight excluding hydrogens is 268 g/mol. The van der Waals surface area contributed by atoms with E-state index in [2.05, 4.69) is 10.6 Å². The Hall–Kier alpha value is -1.15. The van der Waals surface area contributed by atoms with Crippen LogP contribution >= 0.6 is 11.3 Å². The van der Waals surface area contributed by atoms with Crippen molar-refractivity contribution in [2.75, 3.05) is 40.0 Å². The van der Waals surface area contributed by atoms with E-state index in [1.807, 2.05) is 17.5 Å². The number of nitrogens with one attached hydrogen (secondary N) is 2. The van der Waals surface area contributed by atoms with E-state index in [1.165, 1.54) is 0 Å². The lowest BCUT2D eigenvalue weighted by Gasteiger charge is -2.17. The van der Waals surface area contributed by atoms with Gasteiger partial charge in [0.25, 0.3) is 0 Å². The van der Waals surface area contributed by atoms with Crippen molar-refractivity contribution in [3.8, 4) is 0 Å². The van der Waals surface area contributed by atoms with Crippen LogP contribution in [-0.4, -0.2) is 51.2 Å². The first-order chi connectivity index (χ1) is 9.27. The summed E-state index contributed by atoms with van der Waals surface area (Å²) in [5.74, 6) is 0. The molecule has 0 spiro atoms. The summed E-state index contributed by atoms with van der Waals surface area (Å²) in [6, 6.07) is 3.61. The molecule has 1 heterocycles. The van der Waals surface area contributed by atoms with Crippen molar-refractivity contribution in [2.45, 2.75) is 6.10 Å². The highest BCUT2D eigenvalue weighted by Gasteiger charge is 2.14. The second kappa shape index (κ2) is 9.74.